The highest BCUT2D eigenvalue weighted by molar-refractivity contribution is 6.31. The molecule has 4 heteroatoms. The summed E-state index contributed by atoms with van der Waals surface area (Å²) in [7, 11) is 0. The number of hydrogen-bond donors (Lipinski definition) is 1. The Morgan fingerprint density at radius 3 is 3.00 bits per heavy atom. The Labute approximate surface area is 88.3 Å². The minimum absolute atomic E-state index is 0.112. The van der Waals surface area contributed by atoms with Gasteiger partial charge in [-0.25, -0.2) is 0 Å². The predicted octanol–water partition coefficient (Wildman–Crippen LogP) is 1.44. The highest BCUT2D eigenvalue weighted by atomic mass is 35.5. The van der Waals surface area contributed by atoms with E-state index < -0.39 is 0 Å². The lowest BCUT2D eigenvalue weighted by atomic mass is 10.0. The average molecular weight is 213 g/mol. The van der Waals surface area contributed by atoms with Crippen molar-refractivity contribution >= 4 is 17.4 Å². The molecule has 14 heavy (non-hydrogen) atoms. The smallest absolute Gasteiger partial charge is 0.141 e. The molecule has 0 aliphatic carbocycles. The number of Topliss-reactive ketones (excluding diaryl/α,β-unsaturated/α-hetero) is 1. The Kier molecular flexibility index (Phi) is 4.04. The van der Waals surface area contributed by atoms with Gasteiger partial charge >= 0.3 is 0 Å². The van der Waals surface area contributed by atoms with Gasteiger partial charge in [-0.15, -0.1) is 0 Å². The molecule has 76 valence electrons. The van der Waals surface area contributed by atoms with Crippen LogP contribution in [0.15, 0.2) is 18.5 Å². The number of hydrogen-bond acceptors (Lipinski definition) is 3. The van der Waals surface area contributed by atoms with Crippen molar-refractivity contribution in [2.24, 2.45) is 11.7 Å². The van der Waals surface area contributed by atoms with E-state index >= 15 is 0 Å². The van der Waals surface area contributed by atoms with Gasteiger partial charge in [0.15, 0.2) is 0 Å². The van der Waals surface area contributed by atoms with E-state index in [2.05, 4.69) is 4.98 Å². The van der Waals surface area contributed by atoms with E-state index in [1.165, 1.54) is 6.20 Å². The molecule has 1 heterocycles. The lowest BCUT2D eigenvalue weighted by molar-refractivity contribution is -0.121. The van der Waals surface area contributed by atoms with Crippen LogP contribution in [0, 0.1) is 5.92 Å². The molecule has 0 aliphatic heterocycles. The monoisotopic (exact) mass is 212 g/mol. The number of carbonyl (C=O) groups is 1. The van der Waals surface area contributed by atoms with Crippen LogP contribution in [-0.2, 0) is 11.2 Å². The molecule has 0 aliphatic rings. The van der Waals surface area contributed by atoms with Gasteiger partial charge in [0, 0.05) is 31.3 Å². The maximum Gasteiger partial charge on any atom is 0.141 e. The van der Waals surface area contributed by atoms with Crippen molar-refractivity contribution in [3.63, 3.8) is 0 Å². The third-order valence-corrected chi connectivity index (χ3v) is 2.46. The van der Waals surface area contributed by atoms with Crippen molar-refractivity contribution < 1.29 is 4.79 Å². The van der Waals surface area contributed by atoms with Crippen LogP contribution in [0.4, 0.5) is 0 Å². The first-order valence-corrected chi connectivity index (χ1v) is 4.84. The molecule has 0 radical (unpaired) electrons. The van der Waals surface area contributed by atoms with E-state index in [0.29, 0.717) is 18.0 Å². The topological polar surface area (TPSA) is 56.0 Å². The predicted molar refractivity (Wildman–Crippen MR) is 56.2 cm³/mol. The summed E-state index contributed by atoms with van der Waals surface area (Å²) in [5.74, 6) is -0.000156. The molecule has 1 atom stereocenters. The first kappa shape index (κ1) is 11.1. The van der Waals surface area contributed by atoms with E-state index in [9.17, 15) is 4.79 Å². The lowest BCUT2D eigenvalue weighted by Crippen LogP contribution is -2.22. The molecule has 3 nitrogen and oxygen atoms in total. The van der Waals surface area contributed by atoms with Crippen LogP contribution < -0.4 is 5.73 Å². The fourth-order valence-electron chi connectivity index (χ4n) is 1.04. The summed E-state index contributed by atoms with van der Waals surface area (Å²) in [6.07, 6.45) is 3.50. The minimum Gasteiger partial charge on any atom is -0.330 e. The molecule has 0 saturated carbocycles. The van der Waals surface area contributed by atoms with E-state index in [4.69, 9.17) is 17.3 Å². The van der Waals surface area contributed by atoms with Crippen LogP contribution in [0.2, 0.25) is 5.02 Å². The fourth-order valence-corrected chi connectivity index (χ4v) is 1.23. The van der Waals surface area contributed by atoms with Crippen molar-refractivity contribution in [3.05, 3.63) is 29.0 Å². The van der Waals surface area contributed by atoms with Gasteiger partial charge in [-0.1, -0.05) is 18.5 Å². The highest BCUT2D eigenvalue weighted by Crippen LogP contribution is 2.15. The molecule has 1 rings (SSSR count). The normalized spacial score (nSPS) is 12.5. The first-order valence-electron chi connectivity index (χ1n) is 4.46. The zero-order valence-corrected chi connectivity index (χ0v) is 8.79. The summed E-state index contributed by atoms with van der Waals surface area (Å²) in [5.41, 5.74) is 6.21. The zero-order chi connectivity index (χ0) is 10.6. The number of nitrogens with two attached hydrogens (primary N) is 1. The Bertz CT molecular complexity index is 328. The van der Waals surface area contributed by atoms with Crippen molar-refractivity contribution in [2.75, 3.05) is 6.54 Å². The Hall–Kier alpha value is -0.930. The van der Waals surface area contributed by atoms with E-state index in [1.54, 1.807) is 12.3 Å². The largest absolute Gasteiger partial charge is 0.330 e. The number of rotatable bonds is 4. The van der Waals surface area contributed by atoms with Gasteiger partial charge < -0.3 is 5.73 Å². The molecule has 0 aromatic carbocycles. The number of pyridine rings is 1. The maximum atomic E-state index is 11.5. The van der Waals surface area contributed by atoms with Gasteiger partial charge in [-0.2, -0.15) is 0 Å². The first-order chi connectivity index (χ1) is 6.65. The van der Waals surface area contributed by atoms with Crippen molar-refractivity contribution in [1.29, 1.82) is 0 Å². The Morgan fingerprint density at radius 2 is 2.43 bits per heavy atom. The summed E-state index contributed by atoms with van der Waals surface area (Å²) < 4.78 is 0. The molecule has 0 bridgehead atoms. The number of halogens is 1. The quantitative estimate of drug-likeness (QED) is 0.822. The van der Waals surface area contributed by atoms with Gasteiger partial charge in [0.25, 0.3) is 0 Å². The summed E-state index contributed by atoms with van der Waals surface area (Å²) >= 11 is 5.87. The van der Waals surface area contributed by atoms with Crippen molar-refractivity contribution in [1.82, 2.24) is 4.98 Å². The van der Waals surface area contributed by atoms with Gasteiger partial charge in [-0.05, 0) is 11.6 Å². The highest BCUT2D eigenvalue weighted by Gasteiger charge is 2.12. The summed E-state index contributed by atoms with van der Waals surface area (Å²) in [6, 6.07) is 1.75. The van der Waals surface area contributed by atoms with Gasteiger partial charge in [-0.3, -0.25) is 9.78 Å². The standard InChI is InChI=1S/C10H13ClN2O/c1-7(5-12)10(14)4-8-2-3-13-6-9(8)11/h2-3,6-7H,4-5,12H2,1H3. The van der Waals surface area contributed by atoms with E-state index in [0.717, 1.165) is 5.56 Å². The van der Waals surface area contributed by atoms with Crippen molar-refractivity contribution in [3.8, 4) is 0 Å². The molecule has 1 aromatic heterocycles. The van der Waals surface area contributed by atoms with Gasteiger partial charge in [0.2, 0.25) is 0 Å². The molecule has 0 fully saturated rings. The second-order valence-electron chi connectivity index (χ2n) is 3.25. The molecule has 1 aromatic rings. The summed E-state index contributed by atoms with van der Waals surface area (Å²) in [5, 5.41) is 0.532. The Morgan fingerprint density at radius 1 is 1.71 bits per heavy atom. The van der Waals surface area contributed by atoms with Crippen LogP contribution in [0.5, 0.6) is 0 Å². The zero-order valence-electron chi connectivity index (χ0n) is 8.03. The number of aromatic nitrogens is 1. The fraction of sp³-hybridized carbons (Fsp3) is 0.400. The molecule has 0 spiro atoms. The SMILES string of the molecule is CC(CN)C(=O)Cc1ccncc1Cl. The molecule has 0 saturated heterocycles. The van der Waals surface area contributed by atoms with Crippen LogP contribution >= 0.6 is 11.6 Å². The maximum absolute atomic E-state index is 11.5. The van der Waals surface area contributed by atoms with Gasteiger partial charge in [0.1, 0.15) is 5.78 Å². The van der Waals surface area contributed by atoms with E-state index in [1.807, 2.05) is 6.92 Å². The number of nitrogens with zero attached hydrogens (tertiary/aromatic N) is 1. The molecule has 1 unspecified atom stereocenters. The summed E-state index contributed by atoms with van der Waals surface area (Å²) in [6.45, 7) is 2.19. The molecule has 0 amide bonds. The second-order valence-corrected chi connectivity index (χ2v) is 3.65. The van der Waals surface area contributed by atoms with Crippen LogP contribution in [0.1, 0.15) is 12.5 Å². The number of ketones is 1. The van der Waals surface area contributed by atoms with Crippen LogP contribution in [0.3, 0.4) is 0 Å². The molecular formula is C10H13ClN2O. The molecular weight excluding hydrogens is 200 g/mol. The average Bonchev–Trinajstić information content (AvgIpc) is 2.20. The third-order valence-electron chi connectivity index (χ3n) is 2.12. The Balaban J connectivity index is 2.70. The van der Waals surface area contributed by atoms with Crippen LogP contribution in [-0.4, -0.2) is 17.3 Å². The number of carbonyl (C=O) groups excluding carboxylic acids is 1. The minimum atomic E-state index is -0.112. The van der Waals surface area contributed by atoms with Crippen molar-refractivity contribution in [2.45, 2.75) is 13.3 Å². The lowest BCUT2D eigenvalue weighted by Gasteiger charge is -2.07. The summed E-state index contributed by atoms with van der Waals surface area (Å²) in [4.78, 5) is 15.4. The third kappa shape index (κ3) is 2.79. The van der Waals surface area contributed by atoms with Crippen LogP contribution in [0.25, 0.3) is 0 Å². The van der Waals surface area contributed by atoms with Gasteiger partial charge in [0.05, 0.1) is 5.02 Å². The second kappa shape index (κ2) is 5.08. The molecule has 2 N–H and O–H groups in total. The van der Waals surface area contributed by atoms with E-state index in [-0.39, 0.29) is 11.7 Å².